The Balaban J connectivity index is 2.34. The molecule has 3 rings (SSSR count). The van der Waals surface area contributed by atoms with E-state index >= 15 is 0 Å². The van der Waals surface area contributed by atoms with Crippen molar-refractivity contribution in [2.75, 3.05) is 0 Å². The van der Waals surface area contributed by atoms with Crippen molar-refractivity contribution in [1.29, 1.82) is 0 Å². The van der Waals surface area contributed by atoms with Crippen LogP contribution in [0.25, 0.3) is 0 Å². The van der Waals surface area contributed by atoms with Gasteiger partial charge in [0.05, 0.1) is 11.1 Å². The lowest BCUT2D eigenvalue weighted by atomic mass is 10.0. The summed E-state index contributed by atoms with van der Waals surface area (Å²) in [7, 11) is 0. The molecule has 5 nitrogen and oxygen atoms in total. The maximum absolute atomic E-state index is 9.40. The summed E-state index contributed by atoms with van der Waals surface area (Å²) in [5.74, 6) is -0.686. The lowest BCUT2D eigenvalue weighted by Crippen LogP contribution is -1.93. The third kappa shape index (κ3) is 0.582. The molecule has 0 aliphatic carbocycles. The fourth-order valence-corrected chi connectivity index (χ4v) is 1.91. The highest BCUT2D eigenvalue weighted by molar-refractivity contribution is 5.54. The Kier molecular flexibility index (Phi) is 0.961. The van der Waals surface area contributed by atoms with Crippen molar-refractivity contribution in [2.24, 2.45) is 0 Å². The fraction of sp³-hybridized carbons (Fsp3) is 0.250. The highest BCUT2D eigenvalue weighted by Gasteiger charge is 2.42. The lowest BCUT2D eigenvalue weighted by molar-refractivity contribution is 0.0729. The molecule has 0 aromatic carbocycles. The Labute approximate surface area is 73.1 Å². The van der Waals surface area contributed by atoms with Gasteiger partial charge in [-0.15, -0.1) is 4.73 Å². The number of ether oxygens (including phenoxy) is 1. The summed E-state index contributed by atoms with van der Waals surface area (Å²) in [5, 5.41) is 28.0. The molecule has 0 radical (unpaired) electrons. The van der Waals surface area contributed by atoms with E-state index in [1.807, 2.05) is 0 Å². The van der Waals surface area contributed by atoms with Crippen molar-refractivity contribution in [3.05, 3.63) is 23.3 Å². The summed E-state index contributed by atoms with van der Waals surface area (Å²) in [6.45, 7) is 0. The number of nitrogens with zero attached hydrogens (tertiary/aromatic N) is 1. The van der Waals surface area contributed by atoms with Crippen LogP contribution < -0.4 is 0 Å². The average molecular weight is 181 g/mol. The van der Waals surface area contributed by atoms with Crippen LogP contribution >= 0.6 is 0 Å². The Hall–Kier alpha value is -1.62. The van der Waals surface area contributed by atoms with Crippen LogP contribution in [0.3, 0.4) is 0 Å². The minimum atomic E-state index is -0.343. The van der Waals surface area contributed by atoms with Crippen LogP contribution in [-0.4, -0.2) is 20.2 Å². The van der Waals surface area contributed by atoms with E-state index in [1.165, 1.54) is 0 Å². The Morgan fingerprint density at radius 2 is 1.54 bits per heavy atom. The van der Waals surface area contributed by atoms with Crippen molar-refractivity contribution >= 4 is 0 Å². The largest absolute Gasteiger partial charge is 0.492 e. The summed E-state index contributed by atoms with van der Waals surface area (Å²) >= 11 is 0. The molecule has 2 aliphatic rings. The normalized spacial score (nSPS) is 28.3. The van der Waals surface area contributed by atoms with Crippen molar-refractivity contribution in [2.45, 2.75) is 12.2 Å². The number of aromatic nitrogens is 1. The minimum absolute atomic E-state index is 0.334. The third-order valence-electron chi connectivity index (χ3n) is 2.50. The van der Waals surface area contributed by atoms with Gasteiger partial charge in [-0.25, -0.2) is 0 Å². The smallest absolute Gasteiger partial charge is 0.235 e. The molecule has 2 bridgehead atoms. The number of rotatable bonds is 0. The summed E-state index contributed by atoms with van der Waals surface area (Å²) in [6, 6.07) is 0. The Bertz CT molecular complexity index is 385. The zero-order valence-corrected chi connectivity index (χ0v) is 6.51. The highest BCUT2D eigenvalue weighted by atomic mass is 16.5. The van der Waals surface area contributed by atoms with E-state index in [2.05, 4.69) is 0 Å². The van der Waals surface area contributed by atoms with Gasteiger partial charge in [0.15, 0.2) is 0 Å². The van der Waals surface area contributed by atoms with Crippen molar-refractivity contribution in [3.63, 3.8) is 0 Å². The van der Waals surface area contributed by atoms with Crippen LogP contribution in [0.4, 0.5) is 0 Å². The lowest BCUT2D eigenvalue weighted by Gasteiger charge is -2.03. The molecule has 3 heterocycles. The van der Waals surface area contributed by atoms with E-state index in [9.17, 15) is 10.2 Å². The van der Waals surface area contributed by atoms with E-state index in [1.54, 1.807) is 12.2 Å². The summed E-state index contributed by atoms with van der Waals surface area (Å²) in [5.41, 5.74) is 0.931. The molecule has 2 atom stereocenters. The van der Waals surface area contributed by atoms with Crippen LogP contribution in [0.2, 0.25) is 0 Å². The van der Waals surface area contributed by atoms with E-state index < -0.39 is 0 Å². The molecule has 3 N–H and O–H groups in total. The first-order valence-electron chi connectivity index (χ1n) is 3.89. The number of hydrogen-bond acceptors (Lipinski definition) is 4. The minimum Gasteiger partial charge on any atom is -0.492 e. The first kappa shape index (κ1) is 6.85. The second-order valence-electron chi connectivity index (χ2n) is 3.15. The van der Waals surface area contributed by atoms with E-state index in [0.29, 0.717) is 15.9 Å². The molecule has 0 spiro atoms. The van der Waals surface area contributed by atoms with E-state index in [0.717, 1.165) is 0 Å². The second kappa shape index (κ2) is 1.82. The zero-order chi connectivity index (χ0) is 9.16. The molecule has 1 aromatic rings. The summed E-state index contributed by atoms with van der Waals surface area (Å²) in [4.78, 5) is 0. The molecular formula is C8H7NO4. The van der Waals surface area contributed by atoms with Gasteiger partial charge in [0, 0.05) is 0 Å². The van der Waals surface area contributed by atoms with Gasteiger partial charge in [-0.05, 0) is 0 Å². The maximum atomic E-state index is 9.40. The van der Waals surface area contributed by atoms with Crippen LogP contribution in [0.15, 0.2) is 12.2 Å². The Morgan fingerprint density at radius 1 is 1.08 bits per heavy atom. The van der Waals surface area contributed by atoms with Gasteiger partial charge in [0.1, 0.15) is 12.2 Å². The molecule has 2 aliphatic heterocycles. The first-order valence-corrected chi connectivity index (χ1v) is 3.89. The highest BCUT2D eigenvalue weighted by Crippen LogP contribution is 2.53. The second-order valence-corrected chi connectivity index (χ2v) is 3.15. The SMILES string of the molecule is Oc1c2c(c(O)n1O)C1C=CC2O1. The van der Waals surface area contributed by atoms with Crippen LogP contribution in [0.5, 0.6) is 11.8 Å². The van der Waals surface area contributed by atoms with E-state index in [-0.39, 0.29) is 24.0 Å². The molecule has 5 heteroatoms. The zero-order valence-electron chi connectivity index (χ0n) is 6.51. The van der Waals surface area contributed by atoms with Crippen LogP contribution in [-0.2, 0) is 4.74 Å². The van der Waals surface area contributed by atoms with Gasteiger partial charge in [-0.3, -0.25) is 0 Å². The maximum Gasteiger partial charge on any atom is 0.235 e. The molecule has 0 saturated carbocycles. The quantitative estimate of drug-likeness (QED) is 0.409. The third-order valence-corrected chi connectivity index (χ3v) is 2.50. The number of fused-ring (bicyclic) bond motifs is 5. The first-order chi connectivity index (χ1) is 6.20. The van der Waals surface area contributed by atoms with Crippen molar-refractivity contribution < 1.29 is 20.2 Å². The molecule has 0 amide bonds. The topological polar surface area (TPSA) is 74.9 Å². The molecule has 13 heavy (non-hydrogen) atoms. The standard InChI is InChI=1S/C8H7NO4/c10-7-5-3-1-2-4(13-3)6(5)8(11)9(7)12/h1-4,10-12H. The fourth-order valence-electron chi connectivity index (χ4n) is 1.91. The predicted molar refractivity (Wildman–Crippen MR) is 40.7 cm³/mol. The average Bonchev–Trinajstić information content (AvgIpc) is 2.76. The van der Waals surface area contributed by atoms with Gasteiger partial charge in [-0.2, -0.15) is 0 Å². The van der Waals surface area contributed by atoms with Gasteiger partial charge in [-0.1, -0.05) is 12.2 Å². The summed E-state index contributed by atoms with van der Waals surface area (Å²) < 4.78 is 5.72. The van der Waals surface area contributed by atoms with Gasteiger partial charge < -0.3 is 20.2 Å². The van der Waals surface area contributed by atoms with Crippen molar-refractivity contribution in [1.82, 2.24) is 4.73 Å². The Morgan fingerprint density at radius 3 is 2.00 bits per heavy atom. The van der Waals surface area contributed by atoms with Gasteiger partial charge in [0.2, 0.25) is 11.8 Å². The predicted octanol–water partition coefficient (Wildman–Crippen LogP) is 0.819. The van der Waals surface area contributed by atoms with Gasteiger partial charge in [0.25, 0.3) is 0 Å². The van der Waals surface area contributed by atoms with Crippen molar-refractivity contribution in [3.8, 4) is 11.8 Å². The molecule has 2 unspecified atom stereocenters. The van der Waals surface area contributed by atoms with Crippen LogP contribution in [0, 0.1) is 0 Å². The van der Waals surface area contributed by atoms with E-state index in [4.69, 9.17) is 9.94 Å². The molecule has 68 valence electrons. The molecule has 0 saturated heterocycles. The molecule has 1 aromatic heterocycles. The summed E-state index contributed by atoms with van der Waals surface area (Å²) in [6.07, 6.45) is 2.90. The van der Waals surface area contributed by atoms with Crippen LogP contribution in [0.1, 0.15) is 23.3 Å². The number of hydrogen-bond donors (Lipinski definition) is 3. The number of aromatic hydroxyl groups is 2. The molecule has 0 fully saturated rings. The molecular weight excluding hydrogens is 174 g/mol. The van der Waals surface area contributed by atoms with Gasteiger partial charge >= 0.3 is 0 Å². The monoisotopic (exact) mass is 181 g/mol.